The summed E-state index contributed by atoms with van der Waals surface area (Å²) in [4.78, 5) is 0. The molecule has 0 saturated heterocycles. The predicted octanol–water partition coefficient (Wildman–Crippen LogP) is 5.89. The minimum absolute atomic E-state index is 0. The van der Waals surface area contributed by atoms with Crippen LogP contribution in [0.4, 0.5) is 0 Å². The fourth-order valence-corrected chi connectivity index (χ4v) is 2.81. The van der Waals surface area contributed by atoms with Gasteiger partial charge in [0.05, 0.1) is 0 Å². The van der Waals surface area contributed by atoms with E-state index >= 15 is 0 Å². The van der Waals surface area contributed by atoms with Crippen molar-refractivity contribution < 1.29 is 20.4 Å². The molecule has 21 heavy (non-hydrogen) atoms. The van der Waals surface area contributed by atoms with Crippen molar-refractivity contribution in [1.82, 2.24) is 0 Å². The van der Waals surface area contributed by atoms with E-state index in [9.17, 15) is 0 Å². The Bertz CT molecular complexity index is 404. The average molecular weight is 457 g/mol. The molecule has 0 aliphatic heterocycles. The molecule has 0 saturated carbocycles. The molecule has 0 bridgehead atoms. The monoisotopic (exact) mass is 457 g/mol. The van der Waals surface area contributed by atoms with Gasteiger partial charge in [-0.25, -0.2) is 34.6 Å². The van der Waals surface area contributed by atoms with E-state index in [4.69, 9.17) is 0 Å². The van der Waals surface area contributed by atoms with Gasteiger partial charge in [-0.05, 0) is 0 Å². The van der Waals surface area contributed by atoms with Crippen molar-refractivity contribution >= 4 is 0 Å². The largest absolute Gasteiger partial charge is 0.731 e. The summed E-state index contributed by atoms with van der Waals surface area (Å²) in [6, 6.07) is 0. The minimum Gasteiger partial charge on any atom is -0.731 e. The molecule has 2 aromatic rings. The second-order valence-corrected chi connectivity index (χ2v) is 6.25. The van der Waals surface area contributed by atoms with Crippen LogP contribution in [0.25, 0.3) is 0 Å². The Kier molecular flexibility index (Phi) is 7.34. The average Bonchev–Trinajstić information content (AvgIpc) is 2.71. The smallest absolute Gasteiger partial charge is 0 e. The first-order valence-electron chi connectivity index (χ1n) is 7.50. The van der Waals surface area contributed by atoms with Crippen LogP contribution in [0.15, 0.2) is 0 Å². The molecule has 0 N–H and O–H groups in total. The molecular weight excluding hydrogens is 426 g/mol. The molecule has 0 aromatic heterocycles. The normalized spacial score (nSPS) is 10.0. The Morgan fingerprint density at radius 2 is 0.667 bits per heavy atom. The molecule has 0 aliphatic carbocycles. The van der Waals surface area contributed by atoms with E-state index < -0.39 is 0 Å². The predicted molar refractivity (Wildman–Crippen MR) is 91.4 cm³/mol. The zero-order valence-corrected chi connectivity index (χ0v) is 18.1. The number of hydrogen-bond donors (Lipinski definition) is 0. The topological polar surface area (TPSA) is 0 Å². The quantitative estimate of drug-likeness (QED) is 0.434. The summed E-state index contributed by atoms with van der Waals surface area (Å²) in [7, 11) is 0. The van der Waals surface area contributed by atoms with Gasteiger partial charge >= 0.3 is 0 Å². The second-order valence-electron chi connectivity index (χ2n) is 6.25. The van der Waals surface area contributed by atoms with E-state index in [1.165, 1.54) is 55.6 Å². The molecule has 2 rings (SSSR count). The zero-order valence-electron chi connectivity index (χ0n) is 15.4. The maximum atomic E-state index is 2.20. The molecule has 0 spiro atoms. The SMILES string of the molecule is C[c-]1[c-](C)[c-](C)[c-](C)[c-]1C.Cc1c(C)c(C)[c-](C)c1C.[Re]. The van der Waals surface area contributed by atoms with Crippen LogP contribution in [0.5, 0.6) is 0 Å². The van der Waals surface area contributed by atoms with E-state index in [0.29, 0.717) is 0 Å². The van der Waals surface area contributed by atoms with E-state index in [-0.39, 0.29) is 20.4 Å². The molecule has 0 nitrogen and oxygen atoms in total. The van der Waals surface area contributed by atoms with E-state index in [2.05, 4.69) is 69.2 Å². The molecule has 2 aromatic carbocycles. The van der Waals surface area contributed by atoms with Crippen molar-refractivity contribution in [2.24, 2.45) is 0 Å². The van der Waals surface area contributed by atoms with Gasteiger partial charge in [0, 0.05) is 20.4 Å². The summed E-state index contributed by atoms with van der Waals surface area (Å²) in [6.07, 6.45) is 0. The Balaban J connectivity index is 0.000000364. The van der Waals surface area contributed by atoms with E-state index in [0.717, 1.165) is 0 Å². The minimum atomic E-state index is 0. The molecule has 0 amide bonds. The molecule has 1 radical (unpaired) electrons. The second kappa shape index (κ2) is 7.57. The van der Waals surface area contributed by atoms with Gasteiger partial charge in [0.15, 0.2) is 0 Å². The first kappa shape index (κ1) is 20.4. The molecular formula is C20H30Re-6. The fraction of sp³-hybridized carbons (Fsp3) is 0.500. The van der Waals surface area contributed by atoms with E-state index in [1.54, 1.807) is 0 Å². The molecule has 0 atom stereocenters. The van der Waals surface area contributed by atoms with Crippen LogP contribution in [-0.2, 0) is 20.4 Å². The summed E-state index contributed by atoms with van der Waals surface area (Å²) in [6.45, 7) is 22.0. The molecule has 0 fully saturated rings. The molecule has 0 heterocycles. The summed E-state index contributed by atoms with van der Waals surface area (Å²) in [5.74, 6) is 0. The van der Waals surface area contributed by atoms with Crippen molar-refractivity contribution in [2.75, 3.05) is 0 Å². The van der Waals surface area contributed by atoms with Crippen LogP contribution >= 0.6 is 0 Å². The van der Waals surface area contributed by atoms with E-state index in [1.807, 2.05) is 0 Å². The summed E-state index contributed by atoms with van der Waals surface area (Å²) in [5.41, 5.74) is 14.7. The van der Waals surface area contributed by atoms with Gasteiger partial charge in [-0.2, -0.15) is 27.8 Å². The maximum Gasteiger partial charge on any atom is 0 e. The van der Waals surface area contributed by atoms with Crippen molar-refractivity contribution in [1.29, 1.82) is 0 Å². The van der Waals surface area contributed by atoms with Gasteiger partial charge in [-0.1, -0.05) is 34.6 Å². The number of hydrogen-bond acceptors (Lipinski definition) is 0. The summed E-state index contributed by atoms with van der Waals surface area (Å²) in [5, 5.41) is 0. The third kappa shape index (κ3) is 3.77. The van der Waals surface area contributed by atoms with Gasteiger partial charge < -0.3 is 27.8 Å². The molecule has 1 heteroatoms. The van der Waals surface area contributed by atoms with Gasteiger partial charge in [0.25, 0.3) is 0 Å². The van der Waals surface area contributed by atoms with Gasteiger partial charge in [-0.15, -0.1) is 0 Å². The number of rotatable bonds is 0. The molecule has 0 unspecified atom stereocenters. The first-order valence-corrected chi connectivity index (χ1v) is 7.50. The maximum absolute atomic E-state index is 2.20. The summed E-state index contributed by atoms with van der Waals surface area (Å²) >= 11 is 0. The van der Waals surface area contributed by atoms with Crippen molar-refractivity contribution in [2.45, 2.75) is 69.2 Å². The first-order chi connectivity index (χ1) is 9.11. The van der Waals surface area contributed by atoms with Crippen LogP contribution < -0.4 is 0 Å². The zero-order chi connectivity index (χ0) is 15.8. The van der Waals surface area contributed by atoms with Crippen LogP contribution in [0.2, 0.25) is 0 Å². The third-order valence-electron chi connectivity index (χ3n) is 5.62. The Hall–Kier alpha value is -0.638. The molecule has 123 valence electrons. The summed E-state index contributed by atoms with van der Waals surface area (Å²) < 4.78 is 0. The molecule has 0 aliphatic rings. The van der Waals surface area contributed by atoms with Crippen LogP contribution in [-0.4, -0.2) is 0 Å². The fourth-order valence-electron chi connectivity index (χ4n) is 2.81. The van der Waals surface area contributed by atoms with Crippen LogP contribution in [0.3, 0.4) is 0 Å². The van der Waals surface area contributed by atoms with Gasteiger partial charge in [-0.3, -0.25) is 0 Å². The standard InChI is InChI=1S/2C10H15.Re/c2*1-6-7(2)9(4)10(5)8(6)3;/h2*1-5H3;/q-5;-1;. The van der Waals surface area contributed by atoms with Gasteiger partial charge in [0.2, 0.25) is 0 Å². The van der Waals surface area contributed by atoms with Gasteiger partial charge in [0.1, 0.15) is 0 Å². The third-order valence-corrected chi connectivity index (χ3v) is 5.62. The Morgan fingerprint density at radius 1 is 0.476 bits per heavy atom. The van der Waals surface area contributed by atoms with Crippen LogP contribution in [0.1, 0.15) is 55.6 Å². The van der Waals surface area contributed by atoms with Crippen LogP contribution in [0, 0.1) is 69.2 Å². The Morgan fingerprint density at radius 3 is 0.762 bits per heavy atom. The van der Waals surface area contributed by atoms with Crippen molar-refractivity contribution in [3.8, 4) is 0 Å². The van der Waals surface area contributed by atoms with Crippen molar-refractivity contribution in [3.05, 3.63) is 55.6 Å². The van der Waals surface area contributed by atoms with Crippen molar-refractivity contribution in [3.63, 3.8) is 0 Å². The Labute approximate surface area is 145 Å².